The molecule has 0 atom stereocenters. The number of allylic oxidation sites excluding steroid dienone is 2. The van der Waals surface area contributed by atoms with Crippen LogP contribution < -0.4 is 0 Å². The average Bonchev–Trinajstić information content (AvgIpc) is 2.11. The van der Waals surface area contributed by atoms with Gasteiger partial charge in [-0.2, -0.15) is 0 Å². The van der Waals surface area contributed by atoms with Gasteiger partial charge in [-0.05, 0) is 6.42 Å². The van der Waals surface area contributed by atoms with Crippen LogP contribution in [-0.2, 0) is 0 Å². The van der Waals surface area contributed by atoms with Gasteiger partial charge in [0.15, 0.2) is 0 Å². The highest BCUT2D eigenvalue weighted by Gasteiger charge is 1.97. The molecule has 0 fully saturated rings. The molecule has 0 aromatic carbocycles. The Labute approximate surface area is 77.4 Å². The van der Waals surface area contributed by atoms with Crippen LogP contribution in [0.15, 0.2) is 25.3 Å². The Bertz CT molecular complexity index is 105. The first-order valence-electron chi connectivity index (χ1n) is 4.95. The van der Waals surface area contributed by atoms with Crippen molar-refractivity contribution in [1.29, 1.82) is 0 Å². The van der Waals surface area contributed by atoms with Gasteiger partial charge in [-0.1, -0.05) is 51.2 Å². The molecule has 0 rings (SSSR count). The molecule has 0 heteroatoms. The standard InChI is InChI=1S/C12H21/c1-4-7-8-9-10-11-12(5-2)6-3/h5-6H,2-4,7-11H2,1H3. The summed E-state index contributed by atoms with van der Waals surface area (Å²) >= 11 is 0. The first-order valence-corrected chi connectivity index (χ1v) is 4.95. The van der Waals surface area contributed by atoms with Gasteiger partial charge in [0.05, 0.1) is 0 Å². The number of unbranched alkanes of at least 4 members (excludes halogenated alkanes) is 4. The lowest BCUT2D eigenvalue weighted by atomic mass is 10.0. The highest BCUT2D eigenvalue weighted by molar-refractivity contribution is 5.17. The highest BCUT2D eigenvalue weighted by atomic mass is 14.0. The van der Waals surface area contributed by atoms with Crippen molar-refractivity contribution in [3.05, 3.63) is 31.2 Å². The molecule has 12 heavy (non-hydrogen) atoms. The van der Waals surface area contributed by atoms with E-state index in [-0.39, 0.29) is 0 Å². The van der Waals surface area contributed by atoms with E-state index in [1.165, 1.54) is 38.0 Å². The van der Waals surface area contributed by atoms with Gasteiger partial charge < -0.3 is 0 Å². The van der Waals surface area contributed by atoms with Crippen LogP contribution in [0.4, 0.5) is 0 Å². The predicted molar refractivity (Wildman–Crippen MR) is 57.0 cm³/mol. The summed E-state index contributed by atoms with van der Waals surface area (Å²) in [5.74, 6) is 1.28. The second kappa shape index (κ2) is 8.58. The van der Waals surface area contributed by atoms with Gasteiger partial charge >= 0.3 is 0 Å². The van der Waals surface area contributed by atoms with Crippen molar-refractivity contribution in [3.8, 4) is 0 Å². The molecule has 0 aliphatic heterocycles. The summed E-state index contributed by atoms with van der Waals surface area (Å²) in [6.07, 6.45) is 11.7. The molecule has 0 aliphatic carbocycles. The third kappa shape index (κ3) is 6.21. The quantitative estimate of drug-likeness (QED) is 0.470. The van der Waals surface area contributed by atoms with E-state index in [9.17, 15) is 0 Å². The fraction of sp³-hybridized carbons (Fsp3) is 0.583. The first kappa shape index (κ1) is 11.5. The third-order valence-electron chi connectivity index (χ3n) is 2.09. The van der Waals surface area contributed by atoms with E-state index in [0.29, 0.717) is 0 Å². The number of rotatable bonds is 8. The second-order valence-corrected chi connectivity index (χ2v) is 3.15. The molecule has 0 aromatic heterocycles. The molecule has 0 nitrogen and oxygen atoms in total. The maximum absolute atomic E-state index is 3.74. The smallest absolute Gasteiger partial charge is 0.0181 e. The molecule has 1 radical (unpaired) electrons. The monoisotopic (exact) mass is 165 g/mol. The zero-order chi connectivity index (χ0) is 9.23. The van der Waals surface area contributed by atoms with Crippen LogP contribution in [0.3, 0.4) is 0 Å². The summed E-state index contributed by atoms with van der Waals surface area (Å²) < 4.78 is 0. The number of hydrogen-bond donors (Lipinski definition) is 0. The van der Waals surface area contributed by atoms with E-state index in [0.717, 1.165) is 6.42 Å². The summed E-state index contributed by atoms with van der Waals surface area (Å²) in [7, 11) is 0. The Morgan fingerprint density at radius 3 is 2.08 bits per heavy atom. The lowest BCUT2D eigenvalue weighted by molar-refractivity contribution is 0.625. The molecule has 0 unspecified atom stereocenters. The number of hydrogen-bond acceptors (Lipinski definition) is 0. The molecule has 0 aromatic rings. The summed E-state index contributed by atoms with van der Waals surface area (Å²) in [6.45, 7) is 9.72. The lowest BCUT2D eigenvalue weighted by Crippen LogP contribution is -1.87. The van der Waals surface area contributed by atoms with Crippen LogP contribution in [0.5, 0.6) is 0 Å². The lowest BCUT2D eigenvalue weighted by Gasteiger charge is -2.04. The van der Waals surface area contributed by atoms with Gasteiger partial charge in [-0.25, -0.2) is 0 Å². The Kier molecular flexibility index (Phi) is 8.20. The van der Waals surface area contributed by atoms with Crippen molar-refractivity contribution >= 4 is 0 Å². The van der Waals surface area contributed by atoms with E-state index in [4.69, 9.17) is 0 Å². The van der Waals surface area contributed by atoms with Gasteiger partial charge in [0.25, 0.3) is 0 Å². The van der Waals surface area contributed by atoms with Gasteiger partial charge in [0, 0.05) is 5.92 Å². The average molecular weight is 165 g/mol. The molecule has 0 spiro atoms. The van der Waals surface area contributed by atoms with Crippen LogP contribution in [0, 0.1) is 5.92 Å². The summed E-state index contributed by atoms with van der Waals surface area (Å²) in [5.41, 5.74) is 0. The van der Waals surface area contributed by atoms with E-state index in [2.05, 4.69) is 20.1 Å². The fourth-order valence-electron chi connectivity index (χ4n) is 1.22. The molecule has 0 saturated heterocycles. The van der Waals surface area contributed by atoms with Gasteiger partial charge in [0.1, 0.15) is 0 Å². The molecular weight excluding hydrogens is 144 g/mol. The van der Waals surface area contributed by atoms with Gasteiger partial charge in [-0.3, -0.25) is 0 Å². The largest absolute Gasteiger partial charge is 0.102 e. The third-order valence-corrected chi connectivity index (χ3v) is 2.09. The van der Waals surface area contributed by atoms with E-state index in [1.54, 1.807) is 0 Å². The molecular formula is C12H21. The summed E-state index contributed by atoms with van der Waals surface area (Å²) in [5, 5.41) is 0. The Morgan fingerprint density at radius 1 is 1.00 bits per heavy atom. The summed E-state index contributed by atoms with van der Waals surface area (Å²) in [4.78, 5) is 0. The normalized spacial score (nSPS) is 10.2. The van der Waals surface area contributed by atoms with E-state index >= 15 is 0 Å². The molecule has 0 bridgehead atoms. The van der Waals surface area contributed by atoms with E-state index < -0.39 is 0 Å². The molecule has 0 aliphatic rings. The first-order chi connectivity index (χ1) is 5.85. The molecule has 0 saturated carbocycles. The fourth-order valence-corrected chi connectivity index (χ4v) is 1.22. The SMILES string of the molecule is C=C[C](C=C)CCCCCCC. The van der Waals surface area contributed by atoms with Crippen molar-refractivity contribution in [2.24, 2.45) is 0 Å². The minimum absolute atomic E-state index is 1.15. The minimum Gasteiger partial charge on any atom is -0.102 e. The minimum atomic E-state index is 1.15. The Morgan fingerprint density at radius 2 is 1.58 bits per heavy atom. The van der Waals surface area contributed by atoms with Crippen molar-refractivity contribution in [2.75, 3.05) is 0 Å². The van der Waals surface area contributed by atoms with Crippen LogP contribution in [0.2, 0.25) is 0 Å². The zero-order valence-corrected chi connectivity index (χ0v) is 8.31. The van der Waals surface area contributed by atoms with Gasteiger partial charge in [-0.15, -0.1) is 13.2 Å². The Hall–Kier alpha value is -0.520. The van der Waals surface area contributed by atoms with Crippen LogP contribution in [0.1, 0.15) is 45.4 Å². The maximum Gasteiger partial charge on any atom is 0.0181 e. The zero-order valence-electron chi connectivity index (χ0n) is 8.31. The topological polar surface area (TPSA) is 0 Å². The van der Waals surface area contributed by atoms with Crippen molar-refractivity contribution < 1.29 is 0 Å². The summed E-state index contributed by atoms with van der Waals surface area (Å²) in [6, 6.07) is 0. The Balaban J connectivity index is 3.17. The van der Waals surface area contributed by atoms with Crippen molar-refractivity contribution in [1.82, 2.24) is 0 Å². The van der Waals surface area contributed by atoms with Crippen LogP contribution >= 0.6 is 0 Å². The van der Waals surface area contributed by atoms with Crippen LogP contribution in [0.25, 0.3) is 0 Å². The molecule has 0 heterocycles. The highest BCUT2D eigenvalue weighted by Crippen LogP contribution is 2.14. The molecule has 0 N–H and O–H groups in total. The van der Waals surface area contributed by atoms with Crippen molar-refractivity contribution in [2.45, 2.75) is 45.4 Å². The second-order valence-electron chi connectivity index (χ2n) is 3.15. The molecule has 0 amide bonds. The predicted octanol–water partition coefficient (Wildman–Crippen LogP) is 4.29. The van der Waals surface area contributed by atoms with E-state index in [1.807, 2.05) is 12.2 Å². The van der Waals surface area contributed by atoms with Crippen LogP contribution in [-0.4, -0.2) is 0 Å². The van der Waals surface area contributed by atoms with Crippen molar-refractivity contribution in [3.63, 3.8) is 0 Å². The van der Waals surface area contributed by atoms with Gasteiger partial charge in [0.2, 0.25) is 0 Å². The maximum atomic E-state index is 3.74. The molecule has 69 valence electrons.